The topological polar surface area (TPSA) is 118 Å². The Bertz CT molecular complexity index is 1220. The first-order valence-electron chi connectivity index (χ1n) is 8.56. The maximum atomic E-state index is 12.9. The van der Waals surface area contributed by atoms with Gasteiger partial charge in [0, 0.05) is 22.6 Å². The number of carbonyl (C=O) groups is 1. The van der Waals surface area contributed by atoms with Gasteiger partial charge < -0.3 is 5.32 Å². The molecule has 3 rings (SSSR count). The van der Waals surface area contributed by atoms with Gasteiger partial charge in [0.25, 0.3) is 11.6 Å². The van der Waals surface area contributed by atoms with Crippen LogP contribution in [0.4, 0.5) is 18.9 Å². The Kier molecular flexibility index (Phi) is 5.52. The highest BCUT2D eigenvalue weighted by atomic mass is 32.2. The lowest BCUT2D eigenvalue weighted by Gasteiger charge is -2.11. The molecule has 13 heteroatoms. The Hall–Kier alpha value is -3.06. The van der Waals surface area contributed by atoms with Crippen LogP contribution in [0.3, 0.4) is 0 Å². The zero-order valence-corrected chi connectivity index (χ0v) is 16.9. The van der Waals surface area contributed by atoms with Crippen LogP contribution in [0.25, 0.3) is 5.78 Å². The summed E-state index contributed by atoms with van der Waals surface area (Å²) in [6, 6.07) is 5.52. The molecule has 2 aromatic heterocycles. The first-order chi connectivity index (χ1) is 13.9. The van der Waals surface area contributed by atoms with E-state index in [1.807, 2.05) is 0 Å². The van der Waals surface area contributed by atoms with Crippen molar-refractivity contribution in [1.82, 2.24) is 24.3 Å². The largest absolute Gasteiger partial charge is 0.453 e. The molecule has 0 fully saturated rings. The molecule has 30 heavy (non-hydrogen) atoms. The molecule has 9 nitrogen and oxygen atoms in total. The Morgan fingerprint density at radius 2 is 1.77 bits per heavy atom. The Morgan fingerprint density at radius 3 is 2.33 bits per heavy atom. The number of rotatable bonds is 5. The molecule has 0 aliphatic rings. The number of anilines is 1. The highest BCUT2D eigenvalue weighted by molar-refractivity contribution is 7.89. The number of halogens is 3. The highest BCUT2D eigenvalue weighted by Crippen LogP contribution is 2.27. The second-order valence-electron chi connectivity index (χ2n) is 6.36. The Balaban J connectivity index is 1.83. The van der Waals surface area contributed by atoms with Gasteiger partial charge in [-0.1, -0.05) is 0 Å². The third kappa shape index (κ3) is 4.26. The van der Waals surface area contributed by atoms with Crippen LogP contribution in [0, 0.1) is 13.8 Å². The summed E-state index contributed by atoms with van der Waals surface area (Å²) in [5.41, 5.74) is 1.44. The molecular formula is C17H17F3N6O3S. The molecule has 0 atom stereocenters. The van der Waals surface area contributed by atoms with Crippen molar-refractivity contribution in [2.24, 2.45) is 0 Å². The summed E-state index contributed by atoms with van der Waals surface area (Å²) >= 11 is 0. The summed E-state index contributed by atoms with van der Waals surface area (Å²) in [6.45, 7) is 3.09. The zero-order valence-electron chi connectivity index (χ0n) is 16.1. The van der Waals surface area contributed by atoms with Crippen LogP contribution < -0.4 is 10.0 Å². The molecule has 0 radical (unpaired) electrons. The maximum absolute atomic E-state index is 12.9. The maximum Gasteiger partial charge on any atom is 0.453 e. The van der Waals surface area contributed by atoms with E-state index in [0.717, 1.165) is 4.52 Å². The van der Waals surface area contributed by atoms with Gasteiger partial charge in [0.05, 0.1) is 11.3 Å². The molecule has 0 aliphatic heterocycles. The van der Waals surface area contributed by atoms with Crippen LogP contribution in [0.15, 0.2) is 29.2 Å². The van der Waals surface area contributed by atoms with Crippen molar-refractivity contribution in [3.8, 4) is 0 Å². The lowest BCUT2D eigenvalue weighted by Crippen LogP contribution is -2.19. The predicted octanol–water partition coefficient (Wildman–Crippen LogP) is 1.85. The van der Waals surface area contributed by atoms with E-state index in [0.29, 0.717) is 22.6 Å². The van der Waals surface area contributed by atoms with Gasteiger partial charge in [-0.25, -0.2) is 22.6 Å². The molecular weight excluding hydrogens is 425 g/mol. The summed E-state index contributed by atoms with van der Waals surface area (Å²) in [7, 11) is -2.31. The van der Waals surface area contributed by atoms with Gasteiger partial charge in [-0.15, -0.1) is 5.10 Å². The molecule has 0 saturated carbocycles. The van der Waals surface area contributed by atoms with Gasteiger partial charge in [-0.3, -0.25) is 4.79 Å². The summed E-state index contributed by atoms with van der Waals surface area (Å²) in [4.78, 5) is 19.9. The number of carbonyl (C=O) groups excluding carboxylic acids is 1. The number of alkyl halides is 3. The lowest BCUT2D eigenvalue weighted by molar-refractivity contribution is -0.144. The van der Waals surface area contributed by atoms with E-state index in [9.17, 15) is 26.4 Å². The second kappa shape index (κ2) is 7.65. The fourth-order valence-corrected chi connectivity index (χ4v) is 3.52. The molecule has 0 saturated heterocycles. The van der Waals surface area contributed by atoms with Crippen molar-refractivity contribution in [3.63, 3.8) is 0 Å². The summed E-state index contributed by atoms with van der Waals surface area (Å²) in [5.74, 6) is -1.97. The lowest BCUT2D eigenvalue weighted by atomic mass is 10.1. The molecule has 2 N–H and O–H groups in total. The minimum absolute atomic E-state index is 0.0380. The van der Waals surface area contributed by atoms with Gasteiger partial charge in [0.2, 0.25) is 15.9 Å². The summed E-state index contributed by atoms with van der Waals surface area (Å²) in [6.07, 6.45) is -4.88. The smallest absolute Gasteiger partial charge is 0.326 e. The number of sulfonamides is 1. The second-order valence-corrected chi connectivity index (χ2v) is 8.25. The number of aromatic nitrogens is 4. The average molecular weight is 442 g/mol. The van der Waals surface area contributed by atoms with Crippen LogP contribution in [0.5, 0.6) is 0 Å². The van der Waals surface area contributed by atoms with E-state index in [1.165, 1.54) is 38.2 Å². The Labute approximate surface area is 169 Å². The number of benzene rings is 1. The van der Waals surface area contributed by atoms with E-state index >= 15 is 0 Å². The predicted molar refractivity (Wildman–Crippen MR) is 100 cm³/mol. The van der Waals surface area contributed by atoms with Crippen molar-refractivity contribution < 1.29 is 26.4 Å². The molecule has 0 spiro atoms. The number of hydrogen-bond acceptors (Lipinski definition) is 6. The van der Waals surface area contributed by atoms with E-state index in [2.05, 4.69) is 25.1 Å². The number of aryl methyl sites for hydroxylation is 2. The number of amides is 1. The number of fused-ring (bicyclic) bond motifs is 1. The van der Waals surface area contributed by atoms with Crippen molar-refractivity contribution in [1.29, 1.82) is 0 Å². The van der Waals surface area contributed by atoms with Gasteiger partial charge in [0.15, 0.2) is 0 Å². The molecule has 1 amide bonds. The quantitative estimate of drug-likeness (QED) is 0.623. The first-order valence-corrected chi connectivity index (χ1v) is 10.0. The normalized spacial score (nSPS) is 12.3. The van der Waals surface area contributed by atoms with Crippen molar-refractivity contribution in [2.45, 2.75) is 31.3 Å². The van der Waals surface area contributed by atoms with Gasteiger partial charge in [-0.05, 0) is 45.2 Å². The third-order valence-electron chi connectivity index (χ3n) is 4.36. The minimum atomic E-state index is -4.71. The number of hydrogen-bond donors (Lipinski definition) is 2. The van der Waals surface area contributed by atoms with Crippen molar-refractivity contribution >= 4 is 27.4 Å². The molecule has 0 unspecified atom stereocenters. The van der Waals surface area contributed by atoms with Crippen LogP contribution >= 0.6 is 0 Å². The Morgan fingerprint density at radius 1 is 1.13 bits per heavy atom. The highest BCUT2D eigenvalue weighted by Gasteiger charge is 2.37. The van der Waals surface area contributed by atoms with Crippen LogP contribution in [0.2, 0.25) is 0 Å². The first kappa shape index (κ1) is 21.6. The monoisotopic (exact) mass is 442 g/mol. The van der Waals surface area contributed by atoms with Crippen LogP contribution in [-0.2, 0) is 27.4 Å². The molecule has 2 heterocycles. The summed E-state index contributed by atoms with van der Waals surface area (Å²) in [5, 5.41) is 6.05. The minimum Gasteiger partial charge on any atom is -0.326 e. The van der Waals surface area contributed by atoms with E-state index < -0.39 is 27.9 Å². The molecule has 0 aliphatic carbocycles. The van der Waals surface area contributed by atoms with Gasteiger partial charge in [0.1, 0.15) is 0 Å². The molecule has 160 valence electrons. The molecule has 3 aromatic rings. The van der Waals surface area contributed by atoms with Crippen LogP contribution in [-0.4, -0.2) is 41.0 Å². The average Bonchev–Trinajstić information content (AvgIpc) is 3.10. The van der Waals surface area contributed by atoms with Crippen LogP contribution in [0.1, 0.15) is 22.8 Å². The summed E-state index contributed by atoms with van der Waals surface area (Å²) < 4.78 is 65.2. The van der Waals surface area contributed by atoms with Gasteiger partial charge in [-0.2, -0.15) is 18.2 Å². The van der Waals surface area contributed by atoms with Gasteiger partial charge >= 0.3 is 6.18 Å². The van der Waals surface area contributed by atoms with E-state index in [1.54, 1.807) is 6.92 Å². The SMILES string of the molecule is CNS(=O)(=O)c1ccc(NC(=O)Cc2c(C)nc3nc(C(F)(F)F)nn3c2C)cc1. The van der Waals surface area contributed by atoms with Crippen molar-refractivity contribution in [3.05, 3.63) is 47.0 Å². The molecule has 1 aromatic carbocycles. The standard InChI is InChI=1S/C17H17F3N6O3S/c1-9-13(10(2)26-16(22-9)24-15(25-26)17(18,19)20)8-14(27)23-11-4-6-12(7-5-11)30(28,29)21-3/h4-7,21H,8H2,1-3H3,(H,23,27). The van der Waals surface area contributed by atoms with E-state index in [4.69, 9.17) is 0 Å². The third-order valence-corrected chi connectivity index (χ3v) is 5.79. The van der Waals surface area contributed by atoms with Crippen molar-refractivity contribution in [2.75, 3.05) is 12.4 Å². The fraction of sp³-hybridized carbons (Fsp3) is 0.294. The zero-order chi connectivity index (χ0) is 22.3. The number of nitrogens with one attached hydrogen (secondary N) is 2. The molecule has 0 bridgehead atoms. The number of nitrogens with zero attached hydrogens (tertiary/aromatic N) is 4. The van der Waals surface area contributed by atoms with E-state index in [-0.39, 0.29) is 17.1 Å². The fourth-order valence-electron chi connectivity index (χ4n) is 2.79.